The van der Waals surface area contributed by atoms with E-state index < -0.39 is 0 Å². The summed E-state index contributed by atoms with van der Waals surface area (Å²) in [5, 5.41) is 4.98. The summed E-state index contributed by atoms with van der Waals surface area (Å²) in [6.07, 6.45) is 4.66. The van der Waals surface area contributed by atoms with Crippen LogP contribution < -0.4 is 5.32 Å². The number of hydrogen-bond acceptors (Lipinski definition) is 3. The maximum atomic E-state index is 6.20. The lowest BCUT2D eigenvalue weighted by Crippen LogP contribution is -2.18. The van der Waals surface area contributed by atoms with Crippen LogP contribution in [0.15, 0.2) is 47.1 Å². The lowest BCUT2D eigenvalue weighted by atomic mass is 9.99. The highest BCUT2D eigenvalue weighted by Gasteiger charge is 2.20. The highest BCUT2D eigenvalue weighted by molar-refractivity contribution is 6.34. The van der Waals surface area contributed by atoms with Gasteiger partial charge in [0.2, 0.25) is 0 Å². The number of pyridine rings is 1. The number of halogens is 1. The topological polar surface area (TPSA) is 38.1 Å². The van der Waals surface area contributed by atoms with Gasteiger partial charge < -0.3 is 9.73 Å². The van der Waals surface area contributed by atoms with Gasteiger partial charge in [-0.25, -0.2) is 0 Å². The Morgan fingerprint density at radius 1 is 1.33 bits per heavy atom. The van der Waals surface area contributed by atoms with Crippen molar-refractivity contribution in [2.75, 3.05) is 7.05 Å². The zero-order valence-electron chi connectivity index (χ0n) is 12.1. The van der Waals surface area contributed by atoms with E-state index in [-0.39, 0.29) is 6.04 Å². The summed E-state index contributed by atoms with van der Waals surface area (Å²) in [5.74, 6) is 0.863. The van der Waals surface area contributed by atoms with E-state index in [0.717, 1.165) is 23.2 Å². The molecule has 2 aromatic heterocycles. The monoisotopic (exact) mass is 300 g/mol. The number of aryl methyl sites for hydroxylation is 1. The van der Waals surface area contributed by atoms with Crippen LogP contribution in [0.5, 0.6) is 0 Å². The maximum absolute atomic E-state index is 6.20. The van der Waals surface area contributed by atoms with Crippen LogP contribution >= 0.6 is 11.6 Å². The minimum atomic E-state index is -0.00795. The van der Waals surface area contributed by atoms with Crippen LogP contribution in [0.3, 0.4) is 0 Å². The molecule has 0 spiro atoms. The first-order chi connectivity index (χ1) is 10.2. The minimum absolute atomic E-state index is 0.00795. The fourth-order valence-electron chi connectivity index (χ4n) is 2.66. The fourth-order valence-corrected chi connectivity index (χ4v) is 2.88. The lowest BCUT2D eigenvalue weighted by Gasteiger charge is -2.17. The molecule has 21 heavy (non-hydrogen) atoms. The molecule has 0 saturated heterocycles. The largest absolute Gasteiger partial charge is 0.457 e. The van der Waals surface area contributed by atoms with Gasteiger partial charge in [0.25, 0.3) is 0 Å². The Kier molecular flexibility index (Phi) is 3.95. The van der Waals surface area contributed by atoms with Gasteiger partial charge in [-0.05, 0) is 42.8 Å². The van der Waals surface area contributed by atoms with Gasteiger partial charge in [0, 0.05) is 17.8 Å². The van der Waals surface area contributed by atoms with E-state index in [9.17, 15) is 0 Å². The number of hydrogen-bond donors (Lipinski definition) is 1. The molecule has 1 atom stereocenters. The van der Waals surface area contributed by atoms with Gasteiger partial charge in [-0.15, -0.1) is 0 Å². The van der Waals surface area contributed by atoms with Crippen molar-refractivity contribution in [1.29, 1.82) is 0 Å². The first-order valence-electron chi connectivity index (χ1n) is 7.02. The van der Waals surface area contributed by atoms with E-state index in [1.54, 1.807) is 0 Å². The number of para-hydroxylation sites is 1. The second-order valence-corrected chi connectivity index (χ2v) is 5.36. The zero-order valence-corrected chi connectivity index (χ0v) is 12.8. The van der Waals surface area contributed by atoms with Gasteiger partial charge in [0.15, 0.2) is 5.58 Å². The Labute approximate surface area is 128 Å². The van der Waals surface area contributed by atoms with Gasteiger partial charge >= 0.3 is 0 Å². The molecule has 1 aromatic carbocycles. The Morgan fingerprint density at radius 3 is 2.90 bits per heavy atom. The van der Waals surface area contributed by atoms with E-state index in [0.29, 0.717) is 5.02 Å². The number of nitrogens with zero attached hydrogens (tertiary/aromatic N) is 1. The van der Waals surface area contributed by atoms with E-state index in [2.05, 4.69) is 17.2 Å². The standard InChI is InChI=1S/C17H17ClN2O/c1-3-11-10-20-8-7-13(11)16(19-2)15-9-12-5-4-6-14(18)17(12)21-15/h4-10,16,19H,3H2,1-2H3. The molecule has 0 amide bonds. The third-order valence-corrected chi connectivity index (χ3v) is 4.02. The number of rotatable bonds is 4. The SMILES string of the molecule is CCc1cnccc1C(NC)c1cc2cccc(Cl)c2o1. The molecule has 1 N–H and O–H groups in total. The van der Waals surface area contributed by atoms with Gasteiger partial charge in [-0.1, -0.05) is 30.7 Å². The quantitative estimate of drug-likeness (QED) is 0.778. The fraction of sp³-hybridized carbons (Fsp3) is 0.235. The molecule has 4 heteroatoms. The van der Waals surface area contributed by atoms with Crippen molar-refractivity contribution in [2.45, 2.75) is 19.4 Å². The first kappa shape index (κ1) is 14.1. The summed E-state index contributed by atoms with van der Waals surface area (Å²) < 4.78 is 5.99. The van der Waals surface area contributed by atoms with E-state index in [1.165, 1.54) is 11.1 Å². The zero-order chi connectivity index (χ0) is 14.8. The molecule has 3 aromatic rings. The summed E-state index contributed by atoms with van der Waals surface area (Å²) in [6, 6.07) is 9.86. The number of fused-ring (bicyclic) bond motifs is 1. The molecule has 0 saturated carbocycles. The summed E-state index contributed by atoms with van der Waals surface area (Å²) >= 11 is 6.20. The molecule has 0 aliphatic carbocycles. The molecule has 0 bridgehead atoms. The molecular formula is C17H17ClN2O. The molecule has 3 nitrogen and oxygen atoms in total. The lowest BCUT2D eigenvalue weighted by molar-refractivity contribution is 0.490. The number of furan rings is 1. The Hall–Kier alpha value is -1.84. The summed E-state index contributed by atoms with van der Waals surface area (Å²) in [5.41, 5.74) is 3.13. The molecule has 3 rings (SSSR count). The summed E-state index contributed by atoms with van der Waals surface area (Å²) in [4.78, 5) is 4.20. The number of benzene rings is 1. The Morgan fingerprint density at radius 2 is 2.19 bits per heavy atom. The molecule has 108 valence electrons. The third-order valence-electron chi connectivity index (χ3n) is 3.72. The normalized spacial score (nSPS) is 12.7. The van der Waals surface area contributed by atoms with Crippen LogP contribution in [0.4, 0.5) is 0 Å². The molecule has 1 unspecified atom stereocenters. The molecule has 0 radical (unpaired) electrons. The van der Waals surface area contributed by atoms with Crippen molar-refractivity contribution in [1.82, 2.24) is 10.3 Å². The van der Waals surface area contributed by atoms with E-state index >= 15 is 0 Å². The van der Waals surface area contributed by atoms with Crippen molar-refractivity contribution in [3.8, 4) is 0 Å². The average Bonchev–Trinajstić information content (AvgIpc) is 2.94. The molecular weight excluding hydrogens is 284 g/mol. The number of aromatic nitrogens is 1. The van der Waals surface area contributed by atoms with E-state index in [1.807, 2.05) is 49.8 Å². The first-order valence-corrected chi connectivity index (χ1v) is 7.40. The Bertz CT molecular complexity index is 766. The van der Waals surface area contributed by atoms with Crippen molar-refractivity contribution in [3.05, 3.63) is 64.6 Å². The van der Waals surface area contributed by atoms with Gasteiger partial charge in [0.05, 0.1) is 11.1 Å². The van der Waals surface area contributed by atoms with Crippen LogP contribution in [-0.2, 0) is 6.42 Å². The maximum Gasteiger partial charge on any atom is 0.152 e. The van der Waals surface area contributed by atoms with Gasteiger partial charge in [-0.3, -0.25) is 4.98 Å². The second-order valence-electron chi connectivity index (χ2n) is 4.96. The number of nitrogens with one attached hydrogen (secondary N) is 1. The van der Waals surface area contributed by atoms with Crippen LogP contribution in [0, 0.1) is 0 Å². The van der Waals surface area contributed by atoms with Crippen LogP contribution in [-0.4, -0.2) is 12.0 Å². The highest BCUT2D eigenvalue weighted by atomic mass is 35.5. The van der Waals surface area contributed by atoms with Crippen molar-refractivity contribution < 1.29 is 4.42 Å². The van der Waals surface area contributed by atoms with Crippen LogP contribution in [0.2, 0.25) is 5.02 Å². The predicted octanol–water partition coefficient (Wildman–Crippen LogP) is 4.35. The molecule has 2 heterocycles. The smallest absolute Gasteiger partial charge is 0.152 e. The van der Waals surface area contributed by atoms with Crippen molar-refractivity contribution >= 4 is 22.6 Å². The van der Waals surface area contributed by atoms with Crippen LogP contribution in [0.25, 0.3) is 11.0 Å². The predicted molar refractivity (Wildman–Crippen MR) is 85.7 cm³/mol. The van der Waals surface area contributed by atoms with Gasteiger partial charge in [0.1, 0.15) is 5.76 Å². The highest BCUT2D eigenvalue weighted by Crippen LogP contribution is 2.32. The van der Waals surface area contributed by atoms with Crippen molar-refractivity contribution in [3.63, 3.8) is 0 Å². The van der Waals surface area contributed by atoms with Gasteiger partial charge in [-0.2, -0.15) is 0 Å². The minimum Gasteiger partial charge on any atom is -0.457 e. The summed E-state index contributed by atoms with van der Waals surface area (Å²) in [7, 11) is 1.93. The molecule has 0 aliphatic rings. The average molecular weight is 301 g/mol. The summed E-state index contributed by atoms with van der Waals surface area (Å²) in [6.45, 7) is 2.13. The Balaban J connectivity index is 2.12. The third kappa shape index (κ3) is 2.55. The van der Waals surface area contributed by atoms with Crippen LogP contribution in [0.1, 0.15) is 29.9 Å². The molecule has 0 aliphatic heterocycles. The van der Waals surface area contributed by atoms with Crippen molar-refractivity contribution in [2.24, 2.45) is 0 Å². The second kappa shape index (κ2) is 5.88. The van der Waals surface area contributed by atoms with E-state index in [4.69, 9.17) is 16.0 Å². The molecule has 0 fully saturated rings.